The van der Waals surface area contributed by atoms with Gasteiger partial charge in [0.15, 0.2) is 0 Å². The molecule has 0 spiro atoms. The Morgan fingerprint density at radius 3 is 2.61 bits per heavy atom. The van der Waals surface area contributed by atoms with Crippen molar-refractivity contribution in [2.45, 2.75) is 38.5 Å². The number of aliphatic carboxylic acids is 1. The Morgan fingerprint density at radius 2 is 2.11 bits per heavy atom. The molecule has 0 aromatic carbocycles. The third kappa shape index (κ3) is 4.78. The highest BCUT2D eigenvalue weighted by Gasteiger charge is 2.37. The van der Waals surface area contributed by atoms with Gasteiger partial charge in [-0.15, -0.1) is 0 Å². The summed E-state index contributed by atoms with van der Waals surface area (Å²) in [6.45, 7) is 11.4. The van der Waals surface area contributed by atoms with E-state index in [1.165, 1.54) is 0 Å². The average Bonchev–Trinajstić information content (AvgIpc) is 2.71. The Morgan fingerprint density at radius 1 is 1.44 bits per heavy atom. The van der Waals surface area contributed by atoms with Gasteiger partial charge in [-0.3, -0.25) is 9.69 Å². The fraction of sp³-hybridized carbons (Fsp3) is 0.923. The molecular weight excluding hydrogens is 250 g/mol. The van der Waals surface area contributed by atoms with E-state index in [0.717, 1.165) is 18.8 Å². The minimum Gasteiger partial charge on any atom is -0.481 e. The van der Waals surface area contributed by atoms with Crippen LogP contribution in [0.15, 0.2) is 0 Å². The van der Waals surface area contributed by atoms with Gasteiger partial charge in [0.2, 0.25) is 0 Å². The highest BCUT2D eigenvalue weighted by Crippen LogP contribution is 2.25. The largest absolute Gasteiger partial charge is 0.481 e. The van der Waals surface area contributed by atoms with Gasteiger partial charge in [0.25, 0.3) is 0 Å². The predicted molar refractivity (Wildman–Crippen MR) is 75.2 cm³/mol. The minimum absolute atomic E-state index is 0.0352. The maximum absolute atomic E-state index is 11.2. The monoisotopic (exact) mass is 275 g/mol. The van der Waals surface area contributed by atoms with Crippen molar-refractivity contribution in [2.75, 3.05) is 32.1 Å². The standard InChI is InChI=1S/C13H25NO3S/c1-5-14(6-7-18-13(2,3)4)11-9-17-8-10(11)12(15)16/h10-11H,5-9H2,1-4H3,(H,15,16). The lowest BCUT2D eigenvalue weighted by Gasteiger charge is -2.30. The molecule has 0 radical (unpaired) electrons. The summed E-state index contributed by atoms with van der Waals surface area (Å²) in [5.41, 5.74) is 0. The summed E-state index contributed by atoms with van der Waals surface area (Å²) in [5, 5.41) is 9.17. The van der Waals surface area contributed by atoms with E-state index in [9.17, 15) is 9.90 Å². The zero-order valence-corrected chi connectivity index (χ0v) is 12.6. The first-order chi connectivity index (χ1) is 8.35. The quantitative estimate of drug-likeness (QED) is 0.803. The van der Waals surface area contributed by atoms with E-state index in [1.807, 2.05) is 11.8 Å². The second kappa shape index (κ2) is 6.78. The molecule has 5 heteroatoms. The number of rotatable bonds is 6. The highest BCUT2D eigenvalue weighted by atomic mass is 32.2. The molecule has 2 atom stereocenters. The zero-order chi connectivity index (χ0) is 13.8. The van der Waals surface area contributed by atoms with Crippen molar-refractivity contribution in [3.05, 3.63) is 0 Å². The third-order valence-corrected chi connectivity index (χ3v) is 4.41. The molecule has 0 saturated carbocycles. The van der Waals surface area contributed by atoms with Gasteiger partial charge < -0.3 is 9.84 Å². The molecule has 0 aliphatic carbocycles. The van der Waals surface area contributed by atoms with E-state index in [-0.39, 0.29) is 16.7 Å². The van der Waals surface area contributed by atoms with Gasteiger partial charge in [0, 0.05) is 23.1 Å². The van der Waals surface area contributed by atoms with E-state index in [2.05, 4.69) is 32.6 Å². The van der Waals surface area contributed by atoms with Gasteiger partial charge in [0.05, 0.1) is 19.1 Å². The summed E-state index contributed by atoms with van der Waals surface area (Å²) in [4.78, 5) is 13.4. The van der Waals surface area contributed by atoms with E-state index >= 15 is 0 Å². The molecule has 0 bridgehead atoms. The molecule has 4 nitrogen and oxygen atoms in total. The van der Waals surface area contributed by atoms with E-state index < -0.39 is 5.97 Å². The fourth-order valence-electron chi connectivity index (χ4n) is 2.17. The van der Waals surface area contributed by atoms with Crippen molar-refractivity contribution in [2.24, 2.45) is 5.92 Å². The first-order valence-corrected chi connectivity index (χ1v) is 7.52. The number of hydrogen-bond acceptors (Lipinski definition) is 4. The number of carboxylic acids is 1. The van der Waals surface area contributed by atoms with Gasteiger partial charge in [0.1, 0.15) is 0 Å². The zero-order valence-electron chi connectivity index (χ0n) is 11.8. The molecule has 1 heterocycles. The van der Waals surface area contributed by atoms with Crippen molar-refractivity contribution in [3.63, 3.8) is 0 Å². The van der Waals surface area contributed by atoms with Crippen LogP contribution in [0.25, 0.3) is 0 Å². The van der Waals surface area contributed by atoms with Crippen molar-refractivity contribution >= 4 is 17.7 Å². The number of nitrogens with zero attached hydrogens (tertiary/aromatic N) is 1. The lowest BCUT2D eigenvalue weighted by Crippen LogP contribution is -2.44. The second-order valence-corrected chi connectivity index (χ2v) is 7.56. The number of hydrogen-bond donors (Lipinski definition) is 1. The lowest BCUT2D eigenvalue weighted by atomic mass is 10.0. The van der Waals surface area contributed by atoms with Crippen LogP contribution < -0.4 is 0 Å². The molecule has 18 heavy (non-hydrogen) atoms. The van der Waals surface area contributed by atoms with Crippen LogP contribution in [0.3, 0.4) is 0 Å². The van der Waals surface area contributed by atoms with Crippen LogP contribution in [0.1, 0.15) is 27.7 Å². The van der Waals surface area contributed by atoms with E-state index in [4.69, 9.17) is 4.74 Å². The van der Waals surface area contributed by atoms with Gasteiger partial charge in [-0.25, -0.2) is 0 Å². The average molecular weight is 275 g/mol. The molecule has 0 aromatic heterocycles. The summed E-state index contributed by atoms with van der Waals surface area (Å²) in [6, 6.07) is 0.0352. The Bertz CT molecular complexity index is 278. The van der Waals surface area contributed by atoms with Crippen molar-refractivity contribution in [1.82, 2.24) is 4.90 Å². The summed E-state index contributed by atoms with van der Waals surface area (Å²) in [6.07, 6.45) is 0. The van der Waals surface area contributed by atoms with Crippen molar-refractivity contribution in [1.29, 1.82) is 0 Å². The van der Waals surface area contributed by atoms with Crippen LogP contribution in [0.2, 0.25) is 0 Å². The summed E-state index contributed by atoms with van der Waals surface area (Å²) < 4.78 is 5.59. The Labute approximate surface area is 114 Å². The minimum atomic E-state index is -0.737. The van der Waals surface area contributed by atoms with Crippen molar-refractivity contribution in [3.8, 4) is 0 Å². The van der Waals surface area contributed by atoms with Crippen LogP contribution in [0.4, 0.5) is 0 Å². The van der Waals surface area contributed by atoms with Crippen LogP contribution in [0, 0.1) is 5.92 Å². The van der Waals surface area contributed by atoms with Crippen LogP contribution in [0.5, 0.6) is 0 Å². The fourth-order valence-corrected chi connectivity index (χ4v) is 3.10. The second-order valence-electron chi connectivity index (χ2n) is 5.64. The highest BCUT2D eigenvalue weighted by molar-refractivity contribution is 8.00. The summed E-state index contributed by atoms with van der Waals surface area (Å²) in [7, 11) is 0. The molecular formula is C13H25NO3S. The molecule has 1 aliphatic rings. The first-order valence-electron chi connectivity index (χ1n) is 6.53. The molecule has 1 rings (SSSR count). The smallest absolute Gasteiger partial charge is 0.310 e. The maximum Gasteiger partial charge on any atom is 0.310 e. The molecule has 0 aromatic rings. The molecule has 106 valence electrons. The van der Waals surface area contributed by atoms with Crippen LogP contribution in [-0.2, 0) is 9.53 Å². The number of ether oxygens (including phenoxy) is 1. The molecule has 2 unspecified atom stereocenters. The Balaban J connectivity index is 2.47. The number of thioether (sulfide) groups is 1. The molecule has 1 N–H and O–H groups in total. The Kier molecular flexibility index (Phi) is 5.95. The molecule has 1 saturated heterocycles. The molecule has 1 fully saturated rings. The molecule has 1 aliphatic heterocycles. The SMILES string of the molecule is CCN(CCSC(C)(C)C)C1COCC1C(=O)O. The normalized spacial score (nSPS) is 24.7. The van der Waals surface area contributed by atoms with E-state index in [0.29, 0.717) is 13.2 Å². The Hall–Kier alpha value is -0.260. The predicted octanol–water partition coefficient (Wildman–Crippen LogP) is 1.94. The van der Waals surface area contributed by atoms with Crippen LogP contribution in [-0.4, -0.2) is 58.8 Å². The first kappa shape index (κ1) is 15.8. The molecule has 0 amide bonds. The van der Waals surface area contributed by atoms with Gasteiger partial charge in [-0.05, 0) is 6.54 Å². The van der Waals surface area contributed by atoms with Gasteiger partial charge in [-0.2, -0.15) is 11.8 Å². The summed E-state index contributed by atoms with van der Waals surface area (Å²) >= 11 is 1.92. The summed E-state index contributed by atoms with van der Waals surface area (Å²) in [5.74, 6) is -0.0794. The third-order valence-electron chi connectivity index (χ3n) is 3.16. The number of carbonyl (C=O) groups is 1. The van der Waals surface area contributed by atoms with Crippen LogP contribution >= 0.6 is 11.8 Å². The number of carboxylic acid groups (broad SMARTS) is 1. The number of likely N-dealkylation sites (N-methyl/N-ethyl adjacent to an activating group) is 1. The van der Waals surface area contributed by atoms with Gasteiger partial charge in [-0.1, -0.05) is 27.7 Å². The lowest BCUT2D eigenvalue weighted by molar-refractivity contribution is -0.143. The van der Waals surface area contributed by atoms with E-state index in [1.54, 1.807) is 0 Å². The van der Waals surface area contributed by atoms with Crippen molar-refractivity contribution < 1.29 is 14.6 Å². The maximum atomic E-state index is 11.2. The van der Waals surface area contributed by atoms with Gasteiger partial charge >= 0.3 is 5.97 Å². The topological polar surface area (TPSA) is 49.8 Å².